The molecule has 4 amide bonds. The van der Waals surface area contributed by atoms with Gasteiger partial charge in [-0.3, -0.25) is 14.9 Å². The number of anilines is 1. The molecule has 0 aliphatic carbocycles. The maximum absolute atomic E-state index is 12.9. The van der Waals surface area contributed by atoms with Crippen LogP contribution >= 0.6 is 0 Å². The molecule has 0 bridgehead atoms. The number of carbonyl (C=O) groups excluding carboxylic acids is 3. The molecule has 0 unspecified atom stereocenters. The number of carbonyl (C=O) groups is 3. The highest BCUT2D eigenvalue weighted by molar-refractivity contribution is 6.39. The molecule has 0 spiro atoms. The van der Waals surface area contributed by atoms with Gasteiger partial charge in [0.25, 0.3) is 11.8 Å². The topological polar surface area (TPSA) is 84.9 Å². The van der Waals surface area contributed by atoms with Crippen LogP contribution in [-0.2, 0) is 9.59 Å². The first-order chi connectivity index (χ1) is 16.0. The van der Waals surface area contributed by atoms with Crippen molar-refractivity contribution in [2.24, 2.45) is 0 Å². The van der Waals surface area contributed by atoms with Crippen molar-refractivity contribution < 1.29 is 23.9 Å². The van der Waals surface area contributed by atoms with Gasteiger partial charge in [0.1, 0.15) is 30.3 Å². The Hall–Kier alpha value is -4.39. The molecule has 0 atom stereocenters. The molecule has 0 saturated carbocycles. The summed E-state index contributed by atoms with van der Waals surface area (Å²) < 4.78 is 11.3. The number of benzene rings is 3. The second-order valence-corrected chi connectivity index (χ2v) is 7.37. The van der Waals surface area contributed by atoms with E-state index < -0.39 is 17.8 Å². The molecule has 4 rings (SSSR count). The Bertz CT molecular complexity index is 1190. The fraction of sp³-hybridized carbons (Fsp3) is 0.115. The maximum atomic E-state index is 12.9. The van der Waals surface area contributed by atoms with Gasteiger partial charge in [-0.1, -0.05) is 48.0 Å². The predicted octanol–water partition coefficient (Wildman–Crippen LogP) is 4.12. The van der Waals surface area contributed by atoms with E-state index in [0.717, 1.165) is 16.2 Å². The summed E-state index contributed by atoms with van der Waals surface area (Å²) in [5.74, 6) is -0.000839. The highest BCUT2D eigenvalue weighted by atomic mass is 16.5. The van der Waals surface area contributed by atoms with E-state index >= 15 is 0 Å². The summed E-state index contributed by atoms with van der Waals surface area (Å²) in [5, 5.41) is 2.22. The van der Waals surface area contributed by atoms with Gasteiger partial charge in [-0.15, -0.1) is 0 Å². The standard InChI is InChI=1S/C26H22N2O5/c1-18-7-11-20(12-8-18)28-25(30)23(24(29)27-26(28)31)17-19-9-13-22(14-10-19)33-16-15-32-21-5-3-2-4-6-21/h2-14,17H,15-16H2,1H3,(H,27,29,31). The van der Waals surface area contributed by atoms with Crippen molar-refractivity contribution in [3.63, 3.8) is 0 Å². The lowest BCUT2D eigenvalue weighted by molar-refractivity contribution is -0.122. The largest absolute Gasteiger partial charge is 0.490 e. The summed E-state index contributed by atoms with van der Waals surface area (Å²) >= 11 is 0. The van der Waals surface area contributed by atoms with Gasteiger partial charge in [-0.25, -0.2) is 9.69 Å². The molecule has 1 fully saturated rings. The number of amides is 4. The van der Waals surface area contributed by atoms with Gasteiger partial charge in [-0.05, 0) is 55.0 Å². The second-order valence-electron chi connectivity index (χ2n) is 7.37. The average molecular weight is 442 g/mol. The Balaban J connectivity index is 1.41. The quantitative estimate of drug-likeness (QED) is 0.338. The van der Waals surface area contributed by atoms with E-state index in [0.29, 0.717) is 30.2 Å². The summed E-state index contributed by atoms with van der Waals surface area (Å²) in [6.45, 7) is 2.66. The molecule has 1 saturated heterocycles. The van der Waals surface area contributed by atoms with Crippen molar-refractivity contribution in [3.05, 3.63) is 95.6 Å². The van der Waals surface area contributed by atoms with Crippen LogP contribution in [0.1, 0.15) is 11.1 Å². The van der Waals surface area contributed by atoms with Crippen molar-refractivity contribution >= 4 is 29.6 Å². The van der Waals surface area contributed by atoms with Gasteiger partial charge < -0.3 is 9.47 Å². The van der Waals surface area contributed by atoms with Crippen LogP contribution in [0.3, 0.4) is 0 Å². The summed E-state index contributed by atoms with van der Waals surface area (Å²) in [7, 11) is 0. The first-order valence-corrected chi connectivity index (χ1v) is 10.4. The summed E-state index contributed by atoms with van der Waals surface area (Å²) in [6.07, 6.45) is 1.45. The minimum absolute atomic E-state index is 0.125. The van der Waals surface area contributed by atoms with E-state index in [1.807, 2.05) is 37.3 Å². The molecule has 33 heavy (non-hydrogen) atoms. The van der Waals surface area contributed by atoms with Crippen LogP contribution in [0, 0.1) is 6.92 Å². The third-order valence-electron chi connectivity index (χ3n) is 4.95. The molecule has 1 heterocycles. The lowest BCUT2D eigenvalue weighted by Crippen LogP contribution is -2.54. The average Bonchev–Trinajstić information content (AvgIpc) is 2.82. The van der Waals surface area contributed by atoms with Gasteiger partial charge in [-0.2, -0.15) is 0 Å². The zero-order valence-corrected chi connectivity index (χ0v) is 18.0. The monoisotopic (exact) mass is 442 g/mol. The highest BCUT2D eigenvalue weighted by Gasteiger charge is 2.36. The molecular formula is C26H22N2O5. The van der Waals surface area contributed by atoms with Crippen molar-refractivity contribution in [1.29, 1.82) is 0 Å². The zero-order chi connectivity index (χ0) is 23.2. The Morgan fingerprint density at radius 1 is 0.788 bits per heavy atom. The van der Waals surface area contributed by atoms with Gasteiger partial charge in [0, 0.05) is 0 Å². The Morgan fingerprint density at radius 2 is 1.39 bits per heavy atom. The highest BCUT2D eigenvalue weighted by Crippen LogP contribution is 2.23. The summed E-state index contributed by atoms with van der Waals surface area (Å²) in [6, 6.07) is 22.5. The third-order valence-corrected chi connectivity index (χ3v) is 4.95. The number of hydrogen-bond acceptors (Lipinski definition) is 5. The minimum Gasteiger partial charge on any atom is -0.490 e. The lowest BCUT2D eigenvalue weighted by atomic mass is 10.1. The third kappa shape index (κ3) is 5.27. The van der Waals surface area contributed by atoms with Gasteiger partial charge in [0.15, 0.2) is 0 Å². The van der Waals surface area contributed by atoms with E-state index in [1.165, 1.54) is 6.08 Å². The lowest BCUT2D eigenvalue weighted by Gasteiger charge is -2.26. The molecule has 7 nitrogen and oxygen atoms in total. The fourth-order valence-electron chi connectivity index (χ4n) is 3.25. The van der Waals surface area contributed by atoms with Crippen molar-refractivity contribution in [2.75, 3.05) is 18.1 Å². The second kappa shape index (κ2) is 9.82. The first-order valence-electron chi connectivity index (χ1n) is 10.4. The molecule has 1 aliphatic rings. The smallest absolute Gasteiger partial charge is 0.335 e. The van der Waals surface area contributed by atoms with Crippen molar-refractivity contribution in [1.82, 2.24) is 5.32 Å². The number of nitrogens with one attached hydrogen (secondary N) is 1. The number of aryl methyl sites for hydroxylation is 1. The van der Waals surface area contributed by atoms with Crippen LogP contribution in [0.25, 0.3) is 6.08 Å². The molecule has 0 aromatic heterocycles. The van der Waals surface area contributed by atoms with Crippen molar-refractivity contribution in [3.8, 4) is 11.5 Å². The van der Waals surface area contributed by atoms with Crippen LogP contribution in [0.5, 0.6) is 11.5 Å². The number of ether oxygens (including phenoxy) is 2. The van der Waals surface area contributed by atoms with E-state index in [4.69, 9.17) is 9.47 Å². The molecule has 166 valence electrons. The Labute approximate surface area is 191 Å². The van der Waals surface area contributed by atoms with Crippen LogP contribution in [0.15, 0.2) is 84.4 Å². The van der Waals surface area contributed by atoms with E-state index in [1.54, 1.807) is 48.5 Å². The fourth-order valence-corrected chi connectivity index (χ4v) is 3.25. The molecule has 3 aromatic rings. The van der Waals surface area contributed by atoms with E-state index in [2.05, 4.69) is 5.32 Å². The number of urea groups is 1. The van der Waals surface area contributed by atoms with Crippen LogP contribution < -0.4 is 19.7 Å². The van der Waals surface area contributed by atoms with Gasteiger partial charge in [0.2, 0.25) is 0 Å². The summed E-state index contributed by atoms with van der Waals surface area (Å²) in [4.78, 5) is 38.5. The van der Waals surface area contributed by atoms with Crippen LogP contribution in [0.2, 0.25) is 0 Å². The number of barbiturate groups is 1. The number of nitrogens with zero attached hydrogens (tertiary/aromatic N) is 1. The number of rotatable bonds is 7. The summed E-state index contributed by atoms with van der Waals surface area (Å²) in [5.41, 5.74) is 1.88. The Kier molecular flexibility index (Phi) is 6.50. The van der Waals surface area contributed by atoms with Crippen LogP contribution in [-0.4, -0.2) is 31.1 Å². The molecule has 1 N–H and O–H groups in total. The van der Waals surface area contributed by atoms with E-state index in [9.17, 15) is 14.4 Å². The number of imide groups is 2. The molecule has 0 radical (unpaired) electrons. The SMILES string of the molecule is Cc1ccc(N2C(=O)NC(=O)C(=Cc3ccc(OCCOc4ccccc4)cc3)C2=O)cc1. The molecular weight excluding hydrogens is 420 g/mol. The first kappa shape index (κ1) is 21.8. The van der Waals surface area contributed by atoms with Gasteiger partial charge in [0.05, 0.1) is 5.69 Å². The van der Waals surface area contributed by atoms with Crippen LogP contribution in [0.4, 0.5) is 10.5 Å². The Morgan fingerprint density at radius 3 is 2.03 bits per heavy atom. The van der Waals surface area contributed by atoms with E-state index in [-0.39, 0.29) is 5.57 Å². The normalized spacial score (nSPS) is 14.9. The molecule has 7 heteroatoms. The minimum atomic E-state index is -0.771. The predicted molar refractivity (Wildman–Crippen MR) is 124 cm³/mol. The number of para-hydroxylation sites is 1. The number of hydrogen-bond donors (Lipinski definition) is 1. The van der Waals surface area contributed by atoms with Gasteiger partial charge >= 0.3 is 6.03 Å². The zero-order valence-electron chi connectivity index (χ0n) is 18.0. The maximum Gasteiger partial charge on any atom is 0.335 e. The molecule has 1 aliphatic heterocycles. The molecule has 3 aromatic carbocycles. The van der Waals surface area contributed by atoms with Crippen molar-refractivity contribution in [2.45, 2.75) is 6.92 Å².